The highest BCUT2D eigenvalue weighted by molar-refractivity contribution is 5.65. The van der Waals surface area contributed by atoms with Gasteiger partial charge in [0.1, 0.15) is 0 Å². The summed E-state index contributed by atoms with van der Waals surface area (Å²) in [7, 11) is 0. The smallest absolute Gasteiger partial charge is 0.407 e. The SMILES string of the molecule is O=C(O)N1CCC(O)(Cn2nccc(-c3ccccc3)c2=O)CC1. The number of piperidine rings is 1. The number of hydrogen-bond acceptors (Lipinski definition) is 4. The number of rotatable bonds is 3. The first-order chi connectivity index (χ1) is 11.5. The molecule has 0 saturated carbocycles. The highest BCUT2D eigenvalue weighted by Crippen LogP contribution is 2.24. The maximum Gasteiger partial charge on any atom is 0.407 e. The largest absolute Gasteiger partial charge is 0.465 e. The predicted molar refractivity (Wildman–Crippen MR) is 87.7 cm³/mol. The number of aliphatic hydroxyl groups is 1. The fourth-order valence-corrected chi connectivity index (χ4v) is 2.95. The second-order valence-electron chi connectivity index (χ2n) is 6.07. The Morgan fingerprint density at radius 3 is 2.46 bits per heavy atom. The predicted octanol–water partition coefficient (Wildman–Crippen LogP) is 1.42. The van der Waals surface area contributed by atoms with Crippen LogP contribution in [0.4, 0.5) is 4.79 Å². The Hall–Kier alpha value is -2.67. The lowest BCUT2D eigenvalue weighted by Crippen LogP contribution is -2.49. The number of aromatic nitrogens is 2. The third kappa shape index (κ3) is 3.30. The minimum atomic E-state index is -1.13. The molecular formula is C17H19N3O4. The highest BCUT2D eigenvalue weighted by Gasteiger charge is 2.35. The van der Waals surface area contributed by atoms with Crippen LogP contribution in [0.1, 0.15) is 12.8 Å². The zero-order chi connectivity index (χ0) is 17.2. The molecule has 24 heavy (non-hydrogen) atoms. The molecule has 0 atom stereocenters. The molecule has 2 heterocycles. The van der Waals surface area contributed by atoms with Crippen molar-refractivity contribution in [3.8, 4) is 11.1 Å². The summed E-state index contributed by atoms with van der Waals surface area (Å²) in [5.41, 5.74) is -0.0701. The van der Waals surface area contributed by atoms with E-state index in [-0.39, 0.29) is 38.0 Å². The van der Waals surface area contributed by atoms with E-state index in [1.807, 2.05) is 30.3 Å². The fourth-order valence-electron chi connectivity index (χ4n) is 2.95. The lowest BCUT2D eigenvalue weighted by Gasteiger charge is -2.36. The van der Waals surface area contributed by atoms with Crippen molar-refractivity contribution in [2.24, 2.45) is 0 Å². The number of likely N-dealkylation sites (tertiary alicyclic amines) is 1. The second-order valence-corrected chi connectivity index (χ2v) is 6.07. The molecular weight excluding hydrogens is 310 g/mol. The third-order valence-electron chi connectivity index (χ3n) is 4.41. The number of benzene rings is 1. The van der Waals surface area contributed by atoms with Crippen LogP contribution in [-0.4, -0.2) is 49.7 Å². The number of hydrogen-bond donors (Lipinski definition) is 2. The number of nitrogens with zero attached hydrogens (tertiary/aromatic N) is 3. The Labute approximate surface area is 138 Å². The number of carbonyl (C=O) groups is 1. The Morgan fingerprint density at radius 1 is 1.17 bits per heavy atom. The average molecular weight is 329 g/mol. The van der Waals surface area contributed by atoms with Gasteiger partial charge in [-0.3, -0.25) is 4.79 Å². The lowest BCUT2D eigenvalue weighted by atomic mass is 9.91. The van der Waals surface area contributed by atoms with Crippen molar-refractivity contribution in [1.82, 2.24) is 14.7 Å². The average Bonchev–Trinajstić information content (AvgIpc) is 2.58. The van der Waals surface area contributed by atoms with E-state index >= 15 is 0 Å². The van der Waals surface area contributed by atoms with E-state index < -0.39 is 11.7 Å². The van der Waals surface area contributed by atoms with Gasteiger partial charge in [-0.2, -0.15) is 5.10 Å². The molecule has 0 bridgehead atoms. The molecule has 1 aliphatic rings. The van der Waals surface area contributed by atoms with Gasteiger partial charge in [0.25, 0.3) is 5.56 Å². The highest BCUT2D eigenvalue weighted by atomic mass is 16.4. The number of amides is 1. The zero-order valence-corrected chi connectivity index (χ0v) is 13.1. The molecule has 1 aromatic heterocycles. The molecule has 1 aromatic carbocycles. The van der Waals surface area contributed by atoms with Crippen LogP contribution in [0.5, 0.6) is 0 Å². The summed E-state index contributed by atoms with van der Waals surface area (Å²) in [6.07, 6.45) is 1.12. The molecule has 0 radical (unpaired) electrons. The first-order valence-corrected chi connectivity index (χ1v) is 7.80. The summed E-state index contributed by atoms with van der Waals surface area (Å²) in [5, 5.41) is 23.7. The van der Waals surface area contributed by atoms with E-state index in [2.05, 4.69) is 5.10 Å². The molecule has 7 nitrogen and oxygen atoms in total. The molecule has 1 aliphatic heterocycles. The van der Waals surface area contributed by atoms with Crippen molar-refractivity contribution in [3.63, 3.8) is 0 Å². The first-order valence-electron chi connectivity index (χ1n) is 7.80. The van der Waals surface area contributed by atoms with E-state index in [1.165, 1.54) is 9.58 Å². The van der Waals surface area contributed by atoms with Crippen LogP contribution in [0.2, 0.25) is 0 Å². The molecule has 1 fully saturated rings. The Kier molecular flexibility index (Phi) is 4.35. The van der Waals surface area contributed by atoms with Gasteiger partial charge in [-0.05, 0) is 24.5 Å². The maximum atomic E-state index is 12.6. The van der Waals surface area contributed by atoms with Gasteiger partial charge >= 0.3 is 6.09 Å². The standard InChI is InChI=1S/C17H19N3O4/c21-15-14(13-4-2-1-3-5-13)6-9-18-20(15)12-17(24)7-10-19(11-8-17)16(22)23/h1-6,9,24H,7-8,10-12H2,(H,22,23). The quantitative estimate of drug-likeness (QED) is 0.888. The van der Waals surface area contributed by atoms with E-state index in [0.717, 1.165) is 5.56 Å². The topological polar surface area (TPSA) is 95.7 Å². The minimum Gasteiger partial charge on any atom is -0.465 e. The van der Waals surface area contributed by atoms with Crippen molar-refractivity contribution in [2.45, 2.75) is 25.0 Å². The second kappa shape index (κ2) is 6.45. The monoisotopic (exact) mass is 329 g/mol. The van der Waals surface area contributed by atoms with Gasteiger partial charge in [0.2, 0.25) is 0 Å². The molecule has 126 valence electrons. The molecule has 0 aliphatic carbocycles. The molecule has 1 amide bonds. The zero-order valence-electron chi connectivity index (χ0n) is 13.1. The summed E-state index contributed by atoms with van der Waals surface area (Å²) in [6, 6.07) is 10.9. The summed E-state index contributed by atoms with van der Waals surface area (Å²) >= 11 is 0. The van der Waals surface area contributed by atoms with Crippen molar-refractivity contribution in [1.29, 1.82) is 0 Å². The summed E-state index contributed by atoms with van der Waals surface area (Å²) < 4.78 is 1.26. The summed E-state index contributed by atoms with van der Waals surface area (Å²) in [5.74, 6) is 0. The van der Waals surface area contributed by atoms with Gasteiger partial charge in [-0.15, -0.1) is 0 Å². The van der Waals surface area contributed by atoms with Gasteiger partial charge in [-0.25, -0.2) is 9.48 Å². The van der Waals surface area contributed by atoms with Crippen molar-refractivity contribution >= 4 is 6.09 Å². The van der Waals surface area contributed by atoms with Crippen LogP contribution in [0.15, 0.2) is 47.4 Å². The van der Waals surface area contributed by atoms with E-state index in [0.29, 0.717) is 5.56 Å². The van der Waals surface area contributed by atoms with E-state index in [4.69, 9.17) is 5.11 Å². The van der Waals surface area contributed by atoms with Gasteiger partial charge in [-0.1, -0.05) is 30.3 Å². The Morgan fingerprint density at radius 2 is 1.83 bits per heavy atom. The normalized spacial score (nSPS) is 16.8. The van der Waals surface area contributed by atoms with E-state index in [9.17, 15) is 14.7 Å². The van der Waals surface area contributed by atoms with Gasteiger partial charge in [0, 0.05) is 19.3 Å². The van der Waals surface area contributed by atoms with E-state index in [1.54, 1.807) is 12.3 Å². The molecule has 7 heteroatoms. The lowest BCUT2D eigenvalue weighted by molar-refractivity contribution is -0.0329. The third-order valence-corrected chi connectivity index (χ3v) is 4.41. The summed E-state index contributed by atoms with van der Waals surface area (Å²) in [6.45, 7) is 0.553. The van der Waals surface area contributed by atoms with Crippen LogP contribution in [-0.2, 0) is 6.54 Å². The van der Waals surface area contributed by atoms with Crippen LogP contribution in [0, 0.1) is 0 Å². The van der Waals surface area contributed by atoms with Crippen LogP contribution >= 0.6 is 0 Å². The van der Waals surface area contributed by atoms with Gasteiger partial charge < -0.3 is 15.1 Å². The summed E-state index contributed by atoms with van der Waals surface area (Å²) in [4.78, 5) is 24.9. The molecule has 3 rings (SSSR count). The van der Waals surface area contributed by atoms with Crippen molar-refractivity contribution in [3.05, 3.63) is 52.9 Å². The minimum absolute atomic E-state index is 0.0555. The molecule has 0 unspecified atom stereocenters. The van der Waals surface area contributed by atoms with Crippen LogP contribution < -0.4 is 5.56 Å². The molecule has 1 saturated heterocycles. The molecule has 0 spiro atoms. The Balaban J connectivity index is 1.82. The molecule has 2 N–H and O–H groups in total. The van der Waals surface area contributed by atoms with Gasteiger partial charge in [0.05, 0.1) is 17.7 Å². The molecule has 2 aromatic rings. The van der Waals surface area contributed by atoms with Crippen LogP contribution in [0.25, 0.3) is 11.1 Å². The number of carboxylic acid groups (broad SMARTS) is 1. The van der Waals surface area contributed by atoms with Crippen molar-refractivity contribution in [2.75, 3.05) is 13.1 Å². The first kappa shape index (κ1) is 16.2. The fraction of sp³-hybridized carbons (Fsp3) is 0.353. The van der Waals surface area contributed by atoms with Crippen molar-refractivity contribution < 1.29 is 15.0 Å². The van der Waals surface area contributed by atoms with Gasteiger partial charge in [0.15, 0.2) is 0 Å². The Bertz CT molecular complexity index is 780. The van der Waals surface area contributed by atoms with Crippen LogP contribution in [0.3, 0.4) is 0 Å². The maximum absolute atomic E-state index is 12.6.